The maximum absolute atomic E-state index is 3.67. The van der Waals surface area contributed by atoms with Crippen LogP contribution < -0.4 is 5.32 Å². The predicted molar refractivity (Wildman–Crippen MR) is 66.1 cm³/mol. The molecule has 2 unspecified atom stereocenters. The zero-order valence-corrected chi connectivity index (χ0v) is 10.6. The fraction of sp³-hybridized carbons (Fsp3) is 1.00. The van der Waals surface area contributed by atoms with Crippen molar-refractivity contribution in [2.45, 2.75) is 38.5 Å². The fourth-order valence-electron chi connectivity index (χ4n) is 1.95. The molecule has 1 N–H and O–H groups in total. The first-order valence-electron chi connectivity index (χ1n) is 5.85. The van der Waals surface area contributed by atoms with E-state index in [9.17, 15) is 0 Å². The van der Waals surface area contributed by atoms with Crippen LogP contribution in [0.4, 0.5) is 0 Å². The molecule has 0 saturated carbocycles. The van der Waals surface area contributed by atoms with Gasteiger partial charge < -0.3 is 10.2 Å². The van der Waals surface area contributed by atoms with Gasteiger partial charge in [-0.3, -0.25) is 0 Å². The second-order valence-corrected chi connectivity index (χ2v) is 5.44. The summed E-state index contributed by atoms with van der Waals surface area (Å²) in [5.74, 6) is 1.34. The van der Waals surface area contributed by atoms with Gasteiger partial charge in [-0.1, -0.05) is 20.8 Å². The smallest absolute Gasteiger partial charge is 0.0192 e. The third-order valence-corrected chi connectivity index (χ3v) is 4.43. The van der Waals surface area contributed by atoms with Crippen LogP contribution in [0, 0.1) is 0 Å². The number of rotatable bonds is 6. The van der Waals surface area contributed by atoms with Gasteiger partial charge in [-0.25, -0.2) is 0 Å². The Bertz CT molecular complexity index is 148. The lowest BCUT2D eigenvalue weighted by Gasteiger charge is -2.21. The number of hydrogen-bond acceptors (Lipinski definition) is 3. The van der Waals surface area contributed by atoms with E-state index in [1.807, 2.05) is 0 Å². The van der Waals surface area contributed by atoms with Crippen molar-refractivity contribution in [2.75, 3.05) is 31.9 Å². The van der Waals surface area contributed by atoms with Crippen LogP contribution in [0.25, 0.3) is 0 Å². The lowest BCUT2D eigenvalue weighted by molar-refractivity contribution is 0.296. The van der Waals surface area contributed by atoms with E-state index in [2.05, 4.69) is 42.7 Å². The highest BCUT2D eigenvalue weighted by Gasteiger charge is 2.22. The minimum absolute atomic E-state index is 0.760. The number of nitrogens with zero attached hydrogens (tertiary/aromatic N) is 1. The first kappa shape index (κ1) is 12.3. The molecule has 2 atom stereocenters. The van der Waals surface area contributed by atoms with Gasteiger partial charge in [0.15, 0.2) is 0 Å². The van der Waals surface area contributed by atoms with Crippen LogP contribution in [0.15, 0.2) is 0 Å². The molecule has 1 fully saturated rings. The molecule has 0 bridgehead atoms. The van der Waals surface area contributed by atoms with Crippen LogP contribution in [0.2, 0.25) is 0 Å². The Hall–Kier alpha value is 0.270. The highest BCUT2D eigenvalue weighted by atomic mass is 32.2. The third-order valence-electron chi connectivity index (χ3n) is 3.11. The second-order valence-electron chi connectivity index (χ2n) is 3.95. The average molecular weight is 216 g/mol. The van der Waals surface area contributed by atoms with Crippen LogP contribution in [-0.4, -0.2) is 48.1 Å². The van der Waals surface area contributed by atoms with Crippen molar-refractivity contribution in [3.63, 3.8) is 0 Å². The van der Waals surface area contributed by atoms with Gasteiger partial charge in [-0.2, -0.15) is 11.8 Å². The van der Waals surface area contributed by atoms with Crippen molar-refractivity contribution >= 4 is 11.8 Å². The van der Waals surface area contributed by atoms with Crippen LogP contribution in [-0.2, 0) is 0 Å². The Balaban J connectivity index is 2.08. The van der Waals surface area contributed by atoms with Crippen molar-refractivity contribution in [2.24, 2.45) is 0 Å². The van der Waals surface area contributed by atoms with Gasteiger partial charge in [-0.15, -0.1) is 0 Å². The molecule has 14 heavy (non-hydrogen) atoms. The predicted octanol–water partition coefficient (Wildman–Crippen LogP) is 1.81. The van der Waals surface area contributed by atoms with Crippen molar-refractivity contribution in [1.29, 1.82) is 0 Å². The van der Waals surface area contributed by atoms with E-state index in [-0.39, 0.29) is 0 Å². The van der Waals surface area contributed by atoms with Crippen molar-refractivity contribution < 1.29 is 0 Å². The van der Waals surface area contributed by atoms with Gasteiger partial charge in [0.1, 0.15) is 0 Å². The summed E-state index contributed by atoms with van der Waals surface area (Å²) in [5.41, 5.74) is 0. The monoisotopic (exact) mass is 216 g/mol. The SMILES string of the molecule is CCN(CC)CCNC1CCSC1C. The molecule has 2 nitrogen and oxygen atoms in total. The lowest BCUT2D eigenvalue weighted by atomic mass is 10.2. The summed E-state index contributed by atoms with van der Waals surface area (Å²) >= 11 is 2.10. The van der Waals surface area contributed by atoms with Crippen molar-refractivity contribution in [3.8, 4) is 0 Å². The molecule has 0 radical (unpaired) electrons. The van der Waals surface area contributed by atoms with E-state index in [0.717, 1.165) is 17.8 Å². The Labute approximate surface area is 92.8 Å². The van der Waals surface area contributed by atoms with Gasteiger partial charge in [0.05, 0.1) is 0 Å². The van der Waals surface area contributed by atoms with E-state index < -0.39 is 0 Å². The van der Waals surface area contributed by atoms with Gasteiger partial charge in [0.2, 0.25) is 0 Å². The lowest BCUT2D eigenvalue weighted by Crippen LogP contribution is -2.39. The molecule has 0 aromatic rings. The van der Waals surface area contributed by atoms with Crippen molar-refractivity contribution in [1.82, 2.24) is 10.2 Å². The quantitative estimate of drug-likeness (QED) is 0.729. The largest absolute Gasteiger partial charge is 0.312 e. The van der Waals surface area contributed by atoms with E-state index in [0.29, 0.717) is 0 Å². The van der Waals surface area contributed by atoms with Crippen LogP contribution in [0.5, 0.6) is 0 Å². The van der Waals surface area contributed by atoms with Crippen LogP contribution in [0.3, 0.4) is 0 Å². The molecule has 0 aromatic heterocycles. The molecule has 1 saturated heterocycles. The summed E-state index contributed by atoms with van der Waals surface area (Å²) in [7, 11) is 0. The summed E-state index contributed by atoms with van der Waals surface area (Å²) in [5, 5.41) is 4.48. The molecule has 84 valence electrons. The van der Waals surface area contributed by atoms with Gasteiger partial charge in [-0.05, 0) is 25.3 Å². The second kappa shape index (κ2) is 6.70. The number of thioether (sulfide) groups is 1. The molecule has 3 heteroatoms. The number of hydrogen-bond donors (Lipinski definition) is 1. The minimum atomic E-state index is 0.760. The first-order chi connectivity index (χ1) is 6.77. The topological polar surface area (TPSA) is 15.3 Å². The molecule has 1 aliphatic rings. The van der Waals surface area contributed by atoms with E-state index in [4.69, 9.17) is 0 Å². The Morgan fingerprint density at radius 2 is 2.07 bits per heavy atom. The molecule has 0 amide bonds. The Morgan fingerprint density at radius 3 is 2.57 bits per heavy atom. The summed E-state index contributed by atoms with van der Waals surface area (Å²) in [6, 6.07) is 0.760. The van der Waals surface area contributed by atoms with Gasteiger partial charge in [0.25, 0.3) is 0 Å². The van der Waals surface area contributed by atoms with Gasteiger partial charge in [0, 0.05) is 24.4 Å². The summed E-state index contributed by atoms with van der Waals surface area (Å²) in [6.07, 6.45) is 1.35. The highest BCUT2D eigenvalue weighted by molar-refractivity contribution is 8.00. The Morgan fingerprint density at radius 1 is 1.36 bits per heavy atom. The molecule has 1 aliphatic heterocycles. The highest BCUT2D eigenvalue weighted by Crippen LogP contribution is 2.25. The normalized spacial score (nSPS) is 27.4. The number of nitrogens with one attached hydrogen (secondary N) is 1. The molecule has 1 heterocycles. The minimum Gasteiger partial charge on any atom is -0.312 e. The maximum atomic E-state index is 3.67. The van der Waals surface area contributed by atoms with Crippen LogP contribution in [0.1, 0.15) is 27.2 Å². The zero-order valence-electron chi connectivity index (χ0n) is 9.75. The molecular formula is C11H24N2S. The zero-order chi connectivity index (χ0) is 10.4. The Kier molecular flexibility index (Phi) is 5.90. The molecule has 0 aromatic carbocycles. The molecule has 0 aliphatic carbocycles. The number of likely N-dealkylation sites (N-methyl/N-ethyl adjacent to an activating group) is 1. The first-order valence-corrected chi connectivity index (χ1v) is 6.90. The van der Waals surface area contributed by atoms with E-state index >= 15 is 0 Å². The van der Waals surface area contributed by atoms with Crippen molar-refractivity contribution in [3.05, 3.63) is 0 Å². The maximum Gasteiger partial charge on any atom is 0.0192 e. The molecular weight excluding hydrogens is 192 g/mol. The van der Waals surface area contributed by atoms with Crippen LogP contribution >= 0.6 is 11.8 Å². The third kappa shape index (κ3) is 3.79. The molecule has 1 rings (SSSR count). The fourth-order valence-corrected chi connectivity index (χ4v) is 3.17. The summed E-state index contributed by atoms with van der Waals surface area (Å²) < 4.78 is 0. The van der Waals surface area contributed by atoms with E-state index in [1.165, 1.54) is 31.8 Å². The summed E-state index contributed by atoms with van der Waals surface area (Å²) in [6.45, 7) is 11.5. The van der Waals surface area contributed by atoms with E-state index in [1.54, 1.807) is 0 Å². The molecule has 0 spiro atoms. The average Bonchev–Trinajstić information content (AvgIpc) is 2.59. The summed E-state index contributed by atoms with van der Waals surface area (Å²) in [4.78, 5) is 2.47. The standard InChI is InChI=1S/C11H24N2S/c1-4-13(5-2)8-7-12-11-6-9-14-10(11)3/h10-12H,4-9H2,1-3H3. The van der Waals surface area contributed by atoms with Gasteiger partial charge >= 0.3 is 0 Å².